The Kier molecular flexibility index (Phi) is 7.26. The SMILES string of the molecule is CC(c1ccc(Cl)cc1)C(CNC(=O)C(C)(C)CNC1CC1)c1ccc(Cl)cc1. The van der Waals surface area contributed by atoms with Gasteiger partial charge in [-0.05, 0) is 68.0 Å². The highest BCUT2D eigenvalue weighted by atomic mass is 35.5. The molecule has 1 aliphatic carbocycles. The topological polar surface area (TPSA) is 41.1 Å². The molecule has 2 N–H and O–H groups in total. The number of nitrogens with one attached hydrogen (secondary N) is 2. The van der Waals surface area contributed by atoms with E-state index < -0.39 is 5.41 Å². The molecule has 1 aliphatic rings. The van der Waals surface area contributed by atoms with Crippen LogP contribution in [0.5, 0.6) is 0 Å². The Morgan fingerprint density at radius 3 is 2.03 bits per heavy atom. The third kappa shape index (κ3) is 6.21. The van der Waals surface area contributed by atoms with E-state index in [9.17, 15) is 4.79 Å². The molecule has 3 rings (SSSR count). The second kappa shape index (κ2) is 9.51. The molecule has 0 saturated heterocycles. The third-order valence-electron chi connectivity index (χ3n) is 5.80. The quantitative estimate of drug-likeness (QED) is 0.527. The largest absolute Gasteiger partial charge is 0.355 e. The molecule has 1 fully saturated rings. The van der Waals surface area contributed by atoms with Crippen LogP contribution in [0.25, 0.3) is 0 Å². The van der Waals surface area contributed by atoms with Crippen molar-refractivity contribution in [3.05, 3.63) is 69.7 Å². The van der Waals surface area contributed by atoms with Crippen molar-refractivity contribution in [2.75, 3.05) is 13.1 Å². The lowest BCUT2D eigenvalue weighted by Crippen LogP contribution is -2.45. The van der Waals surface area contributed by atoms with Crippen LogP contribution < -0.4 is 10.6 Å². The van der Waals surface area contributed by atoms with Crippen molar-refractivity contribution < 1.29 is 4.79 Å². The summed E-state index contributed by atoms with van der Waals surface area (Å²) in [6.45, 7) is 7.45. The molecular weight excluding hydrogens is 403 g/mol. The summed E-state index contributed by atoms with van der Waals surface area (Å²) in [7, 11) is 0. The van der Waals surface area contributed by atoms with Crippen molar-refractivity contribution in [3.63, 3.8) is 0 Å². The zero-order chi connectivity index (χ0) is 21.0. The van der Waals surface area contributed by atoms with Crippen molar-refractivity contribution >= 4 is 29.1 Å². The molecule has 0 aromatic heterocycles. The molecule has 0 radical (unpaired) electrons. The maximum Gasteiger partial charge on any atom is 0.226 e. The van der Waals surface area contributed by atoms with Crippen LogP contribution >= 0.6 is 23.2 Å². The summed E-state index contributed by atoms with van der Waals surface area (Å²) >= 11 is 12.2. The van der Waals surface area contributed by atoms with Gasteiger partial charge in [-0.3, -0.25) is 4.79 Å². The lowest BCUT2D eigenvalue weighted by Gasteiger charge is -2.29. The lowest BCUT2D eigenvalue weighted by molar-refractivity contribution is -0.129. The molecule has 0 spiro atoms. The van der Waals surface area contributed by atoms with Crippen LogP contribution in [0.4, 0.5) is 0 Å². The van der Waals surface area contributed by atoms with E-state index in [4.69, 9.17) is 23.2 Å². The number of hydrogen-bond donors (Lipinski definition) is 2. The molecule has 1 amide bonds. The molecule has 29 heavy (non-hydrogen) atoms. The van der Waals surface area contributed by atoms with Gasteiger partial charge in [0.25, 0.3) is 0 Å². The van der Waals surface area contributed by atoms with Crippen LogP contribution in [0.3, 0.4) is 0 Å². The first kappa shape index (κ1) is 22.1. The second-order valence-electron chi connectivity index (χ2n) is 8.75. The highest BCUT2D eigenvalue weighted by Gasteiger charge is 2.31. The number of rotatable bonds is 9. The number of halogens is 2. The Bertz CT molecular complexity index is 814. The molecule has 0 aliphatic heterocycles. The van der Waals surface area contributed by atoms with Crippen LogP contribution in [0.15, 0.2) is 48.5 Å². The van der Waals surface area contributed by atoms with Gasteiger partial charge < -0.3 is 10.6 Å². The van der Waals surface area contributed by atoms with Crippen LogP contribution in [0, 0.1) is 5.41 Å². The summed E-state index contributed by atoms with van der Waals surface area (Å²) < 4.78 is 0. The standard InChI is InChI=1S/C24H30Cl2N2O/c1-16(17-4-8-19(25)9-5-17)22(18-6-10-20(26)11-7-18)14-27-23(29)24(2,3)15-28-21-12-13-21/h4-11,16,21-22,28H,12-15H2,1-3H3,(H,27,29). The van der Waals surface area contributed by atoms with Crippen LogP contribution in [0.2, 0.25) is 10.0 Å². The average Bonchev–Trinajstić information content (AvgIpc) is 3.52. The first-order valence-corrected chi connectivity index (χ1v) is 11.0. The monoisotopic (exact) mass is 432 g/mol. The summed E-state index contributed by atoms with van der Waals surface area (Å²) in [5.41, 5.74) is 1.90. The number of benzene rings is 2. The van der Waals surface area contributed by atoms with E-state index in [1.54, 1.807) is 0 Å². The Labute approximate surface area is 184 Å². The fourth-order valence-electron chi connectivity index (χ4n) is 3.50. The van der Waals surface area contributed by atoms with Gasteiger partial charge in [-0.1, -0.05) is 54.4 Å². The summed E-state index contributed by atoms with van der Waals surface area (Å²) in [6.07, 6.45) is 2.43. The Morgan fingerprint density at radius 1 is 1.00 bits per heavy atom. The van der Waals surface area contributed by atoms with Crippen LogP contribution in [-0.4, -0.2) is 25.0 Å². The highest BCUT2D eigenvalue weighted by molar-refractivity contribution is 6.30. The van der Waals surface area contributed by atoms with Gasteiger partial charge in [-0.15, -0.1) is 0 Å². The predicted octanol–water partition coefficient (Wildman–Crippen LogP) is 5.78. The van der Waals surface area contributed by atoms with Crippen LogP contribution in [0.1, 0.15) is 56.6 Å². The molecule has 2 atom stereocenters. The van der Waals surface area contributed by atoms with E-state index >= 15 is 0 Å². The average molecular weight is 433 g/mol. The molecule has 3 nitrogen and oxygen atoms in total. The fraction of sp³-hybridized carbons (Fsp3) is 0.458. The van der Waals surface area contributed by atoms with Gasteiger partial charge in [0.15, 0.2) is 0 Å². The summed E-state index contributed by atoms with van der Waals surface area (Å²) in [5, 5.41) is 8.11. The van der Waals surface area contributed by atoms with E-state index in [1.165, 1.54) is 18.4 Å². The van der Waals surface area contributed by atoms with Gasteiger partial charge in [0.1, 0.15) is 0 Å². The van der Waals surface area contributed by atoms with Gasteiger partial charge in [0.2, 0.25) is 5.91 Å². The Balaban J connectivity index is 1.73. The van der Waals surface area contributed by atoms with E-state index in [1.807, 2.05) is 50.2 Å². The van der Waals surface area contributed by atoms with Crippen molar-refractivity contribution in [2.45, 2.75) is 51.5 Å². The normalized spacial score (nSPS) is 16.3. The van der Waals surface area contributed by atoms with E-state index in [-0.39, 0.29) is 17.7 Å². The minimum absolute atomic E-state index is 0.0768. The second-order valence-corrected chi connectivity index (χ2v) is 9.62. The molecule has 2 aromatic rings. The Hall–Kier alpha value is -1.55. The predicted molar refractivity (Wildman–Crippen MR) is 122 cm³/mol. The fourth-order valence-corrected chi connectivity index (χ4v) is 3.75. The molecule has 5 heteroatoms. The molecule has 156 valence electrons. The van der Waals surface area contributed by atoms with Gasteiger partial charge in [-0.2, -0.15) is 0 Å². The minimum Gasteiger partial charge on any atom is -0.355 e. The lowest BCUT2D eigenvalue weighted by atomic mass is 9.82. The summed E-state index contributed by atoms with van der Waals surface area (Å²) in [5.74, 6) is 0.416. The molecule has 1 saturated carbocycles. The number of hydrogen-bond acceptors (Lipinski definition) is 2. The molecule has 2 unspecified atom stereocenters. The first-order valence-electron chi connectivity index (χ1n) is 10.3. The van der Waals surface area contributed by atoms with Gasteiger partial charge in [0.05, 0.1) is 5.41 Å². The maximum absolute atomic E-state index is 12.9. The number of amides is 1. The zero-order valence-electron chi connectivity index (χ0n) is 17.3. The van der Waals surface area contributed by atoms with Crippen molar-refractivity contribution in [1.82, 2.24) is 10.6 Å². The highest BCUT2D eigenvalue weighted by Crippen LogP contribution is 2.34. The molecular formula is C24H30Cl2N2O. The first-order chi connectivity index (χ1) is 13.8. The smallest absolute Gasteiger partial charge is 0.226 e. The maximum atomic E-state index is 12.9. The molecule has 2 aromatic carbocycles. The minimum atomic E-state index is -0.448. The summed E-state index contributed by atoms with van der Waals surface area (Å²) in [4.78, 5) is 12.9. The van der Waals surface area contributed by atoms with Crippen LogP contribution in [-0.2, 0) is 4.79 Å². The third-order valence-corrected chi connectivity index (χ3v) is 6.31. The molecule has 0 heterocycles. The van der Waals surface area contributed by atoms with E-state index in [0.29, 0.717) is 24.2 Å². The van der Waals surface area contributed by atoms with Gasteiger partial charge in [0, 0.05) is 35.1 Å². The van der Waals surface area contributed by atoms with E-state index in [0.717, 1.165) is 10.6 Å². The van der Waals surface area contributed by atoms with Gasteiger partial charge in [-0.25, -0.2) is 0 Å². The van der Waals surface area contributed by atoms with Gasteiger partial charge >= 0.3 is 0 Å². The number of carbonyl (C=O) groups excluding carboxylic acids is 1. The van der Waals surface area contributed by atoms with Crippen molar-refractivity contribution in [2.24, 2.45) is 5.41 Å². The number of carbonyl (C=O) groups is 1. The molecule has 0 bridgehead atoms. The van der Waals surface area contributed by atoms with Crippen molar-refractivity contribution in [3.8, 4) is 0 Å². The zero-order valence-corrected chi connectivity index (χ0v) is 18.9. The van der Waals surface area contributed by atoms with E-state index in [2.05, 4.69) is 29.7 Å². The van der Waals surface area contributed by atoms with Crippen molar-refractivity contribution in [1.29, 1.82) is 0 Å². The summed E-state index contributed by atoms with van der Waals surface area (Å²) in [6, 6.07) is 16.4. The Morgan fingerprint density at radius 2 is 1.52 bits per heavy atom.